The lowest BCUT2D eigenvalue weighted by Crippen LogP contribution is -2.31. The lowest BCUT2D eigenvalue weighted by Gasteiger charge is -2.07. The van der Waals surface area contributed by atoms with E-state index in [1.165, 1.54) is 5.56 Å². The minimum absolute atomic E-state index is 0.0348. The zero-order valence-corrected chi connectivity index (χ0v) is 13.5. The smallest absolute Gasteiger partial charge is 0.239 e. The summed E-state index contributed by atoms with van der Waals surface area (Å²) in [6.45, 7) is 2.83. The molecule has 2 rings (SSSR count). The van der Waals surface area contributed by atoms with Gasteiger partial charge in [-0.05, 0) is 42.7 Å². The second-order valence-corrected chi connectivity index (χ2v) is 5.72. The summed E-state index contributed by atoms with van der Waals surface area (Å²) in [6.07, 6.45) is 2.58. The van der Waals surface area contributed by atoms with Crippen molar-refractivity contribution in [2.45, 2.75) is 13.3 Å². The summed E-state index contributed by atoms with van der Waals surface area (Å²) in [5.74, 6) is 0.676. The molecule has 0 fully saturated rings. The number of nitrogens with one attached hydrogen (secondary N) is 2. The number of carbonyl (C=O) groups excluding carboxylic acids is 1. The average molecular weight is 348 g/mol. The average Bonchev–Trinajstić information content (AvgIpc) is 2.47. The number of pyridine rings is 1. The highest BCUT2D eigenvalue weighted by atomic mass is 79.9. The van der Waals surface area contributed by atoms with Crippen LogP contribution in [0.25, 0.3) is 0 Å². The van der Waals surface area contributed by atoms with Crippen LogP contribution in [0.4, 0.5) is 5.82 Å². The van der Waals surface area contributed by atoms with E-state index in [4.69, 9.17) is 0 Å². The first-order chi connectivity index (χ1) is 10.1. The molecule has 0 unspecified atom stereocenters. The number of hydrogen-bond donors (Lipinski definition) is 2. The normalized spacial score (nSPS) is 10.2. The lowest BCUT2D eigenvalue weighted by atomic mass is 10.1. The quantitative estimate of drug-likeness (QED) is 0.844. The molecule has 0 aliphatic rings. The Kier molecular flexibility index (Phi) is 5.75. The van der Waals surface area contributed by atoms with Gasteiger partial charge in [0.15, 0.2) is 0 Å². The molecule has 0 radical (unpaired) electrons. The molecule has 21 heavy (non-hydrogen) atoms. The number of aryl methyl sites for hydroxylation is 1. The number of amides is 1. The number of nitrogens with zero attached hydrogens (tertiary/aromatic N) is 1. The Bertz CT molecular complexity index is 599. The zero-order chi connectivity index (χ0) is 15.1. The third-order valence-electron chi connectivity index (χ3n) is 2.97. The van der Waals surface area contributed by atoms with Crippen LogP contribution in [0, 0.1) is 6.92 Å². The summed E-state index contributed by atoms with van der Waals surface area (Å²) in [6, 6.07) is 11.9. The summed E-state index contributed by atoms with van der Waals surface area (Å²) in [4.78, 5) is 15.9. The van der Waals surface area contributed by atoms with Crippen LogP contribution >= 0.6 is 15.9 Å². The van der Waals surface area contributed by atoms with Crippen LogP contribution in [0.15, 0.2) is 47.1 Å². The van der Waals surface area contributed by atoms with Crippen molar-refractivity contribution >= 4 is 27.7 Å². The third-order valence-corrected chi connectivity index (χ3v) is 3.46. The maximum absolute atomic E-state index is 11.7. The SMILES string of the molecule is Cc1ccc(NCC(=O)NCCc2cccc(Br)c2)nc1. The minimum atomic E-state index is -0.0348. The second-order valence-electron chi connectivity index (χ2n) is 4.80. The van der Waals surface area contributed by atoms with Crippen LogP contribution in [0.1, 0.15) is 11.1 Å². The molecular formula is C16H18BrN3O. The van der Waals surface area contributed by atoms with E-state index in [9.17, 15) is 4.79 Å². The van der Waals surface area contributed by atoms with E-state index in [0.29, 0.717) is 12.4 Å². The van der Waals surface area contributed by atoms with Crippen molar-refractivity contribution in [1.29, 1.82) is 0 Å². The van der Waals surface area contributed by atoms with Crippen molar-refractivity contribution in [1.82, 2.24) is 10.3 Å². The molecule has 0 spiro atoms. The Morgan fingerprint density at radius 1 is 1.29 bits per heavy atom. The first-order valence-electron chi connectivity index (χ1n) is 6.81. The van der Waals surface area contributed by atoms with Crippen LogP contribution in [0.5, 0.6) is 0 Å². The molecule has 1 aromatic heterocycles. The molecule has 0 atom stereocenters. The van der Waals surface area contributed by atoms with Crippen molar-refractivity contribution in [3.05, 3.63) is 58.2 Å². The summed E-state index contributed by atoms with van der Waals surface area (Å²) in [5.41, 5.74) is 2.29. The predicted molar refractivity (Wildman–Crippen MR) is 88.3 cm³/mol. The molecule has 0 saturated heterocycles. The number of aromatic nitrogens is 1. The van der Waals surface area contributed by atoms with E-state index < -0.39 is 0 Å². The minimum Gasteiger partial charge on any atom is -0.361 e. The van der Waals surface area contributed by atoms with Gasteiger partial charge in [0.25, 0.3) is 0 Å². The third kappa shape index (κ3) is 5.55. The van der Waals surface area contributed by atoms with Crippen molar-refractivity contribution in [2.75, 3.05) is 18.4 Å². The fourth-order valence-corrected chi connectivity index (χ4v) is 2.29. The molecule has 1 amide bonds. The molecule has 2 N–H and O–H groups in total. The molecule has 0 aliphatic heterocycles. The van der Waals surface area contributed by atoms with E-state index >= 15 is 0 Å². The topological polar surface area (TPSA) is 54.0 Å². The summed E-state index contributed by atoms with van der Waals surface area (Å²) >= 11 is 3.43. The largest absolute Gasteiger partial charge is 0.361 e. The van der Waals surface area contributed by atoms with E-state index in [1.54, 1.807) is 6.20 Å². The molecule has 0 bridgehead atoms. The number of benzene rings is 1. The Morgan fingerprint density at radius 3 is 2.86 bits per heavy atom. The monoisotopic (exact) mass is 347 g/mol. The van der Waals surface area contributed by atoms with E-state index in [-0.39, 0.29) is 12.5 Å². The molecule has 2 aromatic rings. The van der Waals surface area contributed by atoms with Gasteiger partial charge in [-0.15, -0.1) is 0 Å². The van der Waals surface area contributed by atoms with Crippen LogP contribution in [-0.4, -0.2) is 24.0 Å². The van der Waals surface area contributed by atoms with Gasteiger partial charge in [-0.3, -0.25) is 4.79 Å². The number of carbonyl (C=O) groups is 1. The van der Waals surface area contributed by atoms with Gasteiger partial charge in [0.2, 0.25) is 5.91 Å². The molecule has 1 aromatic carbocycles. The summed E-state index contributed by atoms with van der Waals surface area (Å²) in [7, 11) is 0. The molecule has 5 heteroatoms. The second kappa shape index (κ2) is 7.78. The van der Waals surface area contributed by atoms with E-state index in [0.717, 1.165) is 16.5 Å². The molecular weight excluding hydrogens is 330 g/mol. The molecule has 4 nitrogen and oxygen atoms in total. The Hall–Kier alpha value is -1.88. The highest BCUT2D eigenvalue weighted by Gasteiger charge is 2.01. The number of hydrogen-bond acceptors (Lipinski definition) is 3. The zero-order valence-electron chi connectivity index (χ0n) is 11.9. The maximum atomic E-state index is 11.7. The molecule has 0 saturated carbocycles. The number of anilines is 1. The van der Waals surface area contributed by atoms with Gasteiger partial charge >= 0.3 is 0 Å². The van der Waals surface area contributed by atoms with Crippen molar-refractivity contribution in [3.63, 3.8) is 0 Å². The van der Waals surface area contributed by atoms with Crippen LogP contribution < -0.4 is 10.6 Å². The van der Waals surface area contributed by atoms with Crippen molar-refractivity contribution in [2.24, 2.45) is 0 Å². The van der Waals surface area contributed by atoms with Gasteiger partial charge in [0.05, 0.1) is 6.54 Å². The van der Waals surface area contributed by atoms with Gasteiger partial charge in [-0.1, -0.05) is 34.1 Å². The van der Waals surface area contributed by atoms with E-state index in [2.05, 4.69) is 37.6 Å². The van der Waals surface area contributed by atoms with Gasteiger partial charge < -0.3 is 10.6 Å². The fourth-order valence-electron chi connectivity index (χ4n) is 1.84. The van der Waals surface area contributed by atoms with Gasteiger partial charge in [0.1, 0.15) is 5.82 Å². The Morgan fingerprint density at radius 2 is 2.14 bits per heavy atom. The molecule has 110 valence electrons. The molecule has 1 heterocycles. The molecule has 0 aliphatic carbocycles. The first-order valence-corrected chi connectivity index (χ1v) is 7.60. The number of halogens is 1. The standard InChI is InChI=1S/C16H18BrN3O/c1-12-5-6-15(19-10-12)20-11-16(21)18-8-7-13-3-2-4-14(17)9-13/h2-6,9-10H,7-8,11H2,1H3,(H,18,21)(H,19,20). The Labute approximate surface area is 133 Å². The van der Waals surface area contributed by atoms with Crippen molar-refractivity contribution in [3.8, 4) is 0 Å². The van der Waals surface area contributed by atoms with Gasteiger partial charge in [-0.25, -0.2) is 4.98 Å². The van der Waals surface area contributed by atoms with Gasteiger partial charge in [-0.2, -0.15) is 0 Å². The highest BCUT2D eigenvalue weighted by molar-refractivity contribution is 9.10. The predicted octanol–water partition coefficient (Wildman–Crippen LogP) is 2.92. The Balaban J connectivity index is 1.69. The summed E-state index contributed by atoms with van der Waals surface area (Å²) in [5, 5.41) is 5.89. The number of rotatable bonds is 6. The van der Waals surface area contributed by atoms with Crippen LogP contribution in [0.2, 0.25) is 0 Å². The first kappa shape index (κ1) is 15.5. The lowest BCUT2D eigenvalue weighted by molar-refractivity contribution is -0.119. The fraction of sp³-hybridized carbons (Fsp3) is 0.250. The highest BCUT2D eigenvalue weighted by Crippen LogP contribution is 2.11. The summed E-state index contributed by atoms with van der Waals surface area (Å²) < 4.78 is 1.05. The van der Waals surface area contributed by atoms with E-state index in [1.807, 2.05) is 37.3 Å². The van der Waals surface area contributed by atoms with Gasteiger partial charge in [0, 0.05) is 17.2 Å². The van der Waals surface area contributed by atoms with Crippen LogP contribution in [-0.2, 0) is 11.2 Å². The maximum Gasteiger partial charge on any atom is 0.239 e. The van der Waals surface area contributed by atoms with Crippen molar-refractivity contribution < 1.29 is 4.79 Å². The van der Waals surface area contributed by atoms with Crippen LogP contribution in [0.3, 0.4) is 0 Å².